The van der Waals surface area contributed by atoms with Crippen molar-refractivity contribution >= 4 is 5.91 Å². The summed E-state index contributed by atoms with van der Waals surface area (Å²) < 4.78 is 0. The van der Waals surface area contributed by atoms with Gasteiger partial charge in [0, 0.05) is 6.04 Å². The van der Waals surface area contributed by atoms with Crippen molar-refractivity contribution in [2.45, 2.75) is 58.1 Å². The Bertz CT molecular complexity index is 184. The Balaban J connectivity index is 2.20. The van der Waals surface area contributed by atoms with E-state index in [4.69, 9.17) is 5.11 Å². The predicted octanol–water partition coefficient (Wildman–Crippen LogP) is 1.45. The van der Waals surface area contributed by atoms with Crippen molar-refractivity contribution in [1.82, 2.24) is 5.32 Å². The Morgan fingerprint density at radius 3 is 2.50 bits per heavy atom. The SMILES string of the molecule is CC1CCC(NC(=O)C[C@H](C)O)CC1. The molecule has 1 amide bonds. The van der Waals surface area contributed by atoms with Gasteiger partial charge in [0.25, 0.3) is 0 Å². The molecule has 0 aliphatic heterocycles. The maximum atomic E-state index is 11.3. The summed E-state index contributed by atoms with van der Waals surface area (Å²) in [6, 6.07) is 0.345. The topological polar surface area (TPSA) is 49.3 Å². The molecule has 3 nitrogen and oxygen atoms in total. The number of amides is 1. The van der Waals surface area contributed by atoms with Gasteiger partial charge in [0.2, 0.25) is 5.91 Å². The van der Waals surface area contributed by atoms with Crippen molar-refractivity contribution in [3.05, 3.63) is 0 Å². The lowest BCUT2D eigenvalue weighted by Gasteiger charge is -2.27. The lowest BCUT2D eigenvalue weighted by atomic mass is 9.87. The second kappa shape index (κ2) is 5.35. The first kappa shape index (κ1) is 11.5. The lowest BCUT2D eigenvalue weighted by Crippen LogP contribution is -2.38. The van der Waals surface area contributed by atoms with E-state index in [0.717, 1.165) is 18.8 Å². The summed E-state index contributed by atoms with van der Waals surface area (Å²) in [5.74, 6) is 0.791. The third-order valence-electron chi connectivity index (χ3n) is 2.86. The van der Waals surface area contributed by atoms with Gasteiger partial charge in [-0.1, -0.05) is 6.92 Å². The van der Waals surface area contributed by atoms with Gasteiger partial charge in [-0.3, -0.25) is 4.79 Å². The second-order valence-electron chi connectivity index (χ2n) is 4.58. The van der Waals surface area contributed by atoms with Crippen LogP contribution in [0, 0.1) is 5.92 Å². The van der Waals surface area contributed by atoms with Crippen LogP contribution in [0.25, 0.3) is 0 Å². The van der Waals surface area contributed by atoms with Crippen LogP contribution in [0.3, 0.4) is 0 Å². The summed E-state index contributed by atoms with van der Waals surface area (Å²) in [7, 11) is 0. The quantitative estimate of drug-likeness (QED) is 0.723. The number of aliphatic hydroxyl groups is 1. The fourth-order valence-corrected chi connectivity index (χ4v) is 1.96. The van der Waals surface area contributed by atoms with E-state index in [1.165, 1.54) is 12.8 Å². The molecule has 0 heterocycles. The normalized spacial score (nSPS) is 29.6. The minimum absolute atomic E-state index is 0.0143. The van der Waals surface area contributed by atoms with E-state index in [0.29, 0.717) is 6.04 Å². The maximum Gasteiger partial charge on any atom is 0.222 e. The molecule has 0 aromatic rings. The molecule has 2 N–H and O–H groups in total. The molecule has 1 saturated carbocycles. The minimum Gasteiger partial charge on any atom is -0.393 e. The van der Waals surface area contributed by atoms with Crippen LogP contribution in [0.15, 0.2) is 0 Å². The number of hydrogen-bond donors (Lipinski definition) is 2. The third-order valence-corrected chi connectivity index (χ3v) is 2.86. The zero-order valence-corrected chi connectivity index (χ0v) is 9.12. The van der Waals surface area contributed by atoms with Crippen LogP contribution >= 0.6 is 0 Å². The van der Waals surface area contributed by atoms with Crippen LogP contribution in [-0.4, -0.2) is 23.2 Å². The molecule has 0 spiro atoms. The van der Waals surface area contributed by atoms with E-state index >= 15 is 0 Å². The monoisotopic (exact) mass is 199 g/mol. The summed E-state index contributed by atoms with van der Waals surface area (Å²) in [5, 5.41) is 12.0. The zero-order valence-electron chi connectivity index (χ0n) is 9.12. The van der Waals surface area contributed by atoms with E-state index in [2.05, 4.69) is 12.2 Å². The summed E-state index contributed by atoms with van der Waals surface area (Å²) in [6.45, 7) is 3.90. The number of nitrogens with one attached hydrogen (secondary N) is 1. The number of aliphatic hydroxyl groups excluding tert-OH is 1. The van der Waals surface area contributed by atoms with Crippen LogP contribution in [-0.2, 0) is 4.79 Å². The van der Waals surface area contributed by atoms with Gasteiger partial charge in [0.15, 0.2) is 0 Å². The minimum atomic E-state index is -0.530. The summed E-state index contributed by atoms with van der Waals surface area (Å²) in [5.41, 5.74) is 0. The summed E-state index contributed by atoms with van der Waals surface area (Å²) >= 11 is 0. The van der Waals surface area contributed by atoms with Crippen LogP contribution in [0.2, 0.25) is 0 Å². The van der Waals surface area contributed by atoms with E-state index in [1.807, 2.05) is 0 Å². The van der Waals surface area contributed by atoms with Crippen LogP contribution < -0.4 is 5.32 Å². The van der Waals surface area contributed by atoms with Gasteiger partial charge in [-0.15, -0.1) is 0 Å². The third kappa shape index (κ3) is 4.09. The predicted molar refractivity (Wildman–Crippen MR) is 55.9 cm³/mol. The van der Waals surface area contributed by atoms with Crippen LogP contribution in [0.4, 0.5) is 0 Å². The van der Waals surface area contributed by atoms with Crippen molar-refractivity contribution < 1.29 is 9.90 Å². The number of hydrogen-bond acceptors (Lipinski definition) is 2. The Morgan fingerprint density at radius 2 is 2.00 bits per heavy atom. The standard InChI is InChI=1S/C11H21NO2/c1-8-3-5-10(6-4-8)12-11(14)7-9(2)13/h8-10,13H,3-7H2,1-2H3,(H,12,14)/t8?,9-,10?/m0/s1. The Morgan fingerprint density at radius 1 is 1.43 bits per heavy atom. The first-order chi connectivity index (χ1) is 6.58. The molecule has 0 saturated heterocycles. The molecule has 14 heavy (non-hydrogen) atoms. The van der Waals surface area contributed by atoms with E-state index in [1.54, 1.807) is 6.92 Å². The van der Waals surface area contributed by atoms with Crippen molar-refractivity contribution in [3.63, 3.8) is 0 Å². The highest BCUT2D eigenvalue weighted by atomic mass is 16.3. The molecule has 0 radical (unpaired) electrons. The van der Waals surface area contributed by atoms with Crippen LogP contribution in [0.5, 0.6) is 0 Å². The van der Waals surface area contributed by atoms with Crippen molar-refractivity contribution in [2.75, 3.05) is 0 Å². The first-order valence-electron chi connectivity index (χ1n) is 5.55. The molecule has 3 heteroatoms. The number of rotatable bonds is 3. The largest absolute Gasteiger partial charge is 0.393 e. The van der Waals surface area contributed by atoms with E-state index in [9.17, 15) is 4.79 Å². The first-order valence-corrected chi connectivity index (χ1v) is 5.55. The molecule has 1 atom stereocenters. The molecule has 0 bridgehead atoms. The van der Waals surface area contributed by atoms with Gasteiger partial charge < -0.3 is 10.4 Å². The average molecular weight is 199 g/mol. The van der Waals surface area contributed by atoms with Gasteiger partial charge in [-0.25, -0.2) is 0 Å². The van der Waals surface area contributed by atoms with Gasteiger partial charge in [0.05, 0.1) is 12.5 Å². The average Bonchev–Trinajstić information content (AvgIpc) is 2.07. The summed E-state index contributed by atoms with van der Waals surface area (Å²) in [6.07, 6.45) is 4.29. The van der Waals surface area contributed by atoms with Gasteiger partial charge in [0.1, 0.15) is 0 Å². The van der Waals surface area contributed by atoms with E-state index < -0.39 is 6.10 Å². The van der Waals surface area contributed by atoms with Crippen molar-refractivity contribution in [2.24, 2.45) is 5.92 Å². The molecule has 0 aromatic heterocycles. The molecule has 1 fully saturated rings. The number of carbonyl (C=O) groups is 1. The fraction of sp³-hybridized carbons (Fsp3) is 0.909. The zero-order chi connectivity index (χ0) is 10.6. The van der Waals surface area contributed by atoms with Gasteiger partial charge in [-0.2, -0.15) is 0 Å². The highest BCUT2D eigenvalue weighted by Crippen LogP contribution is 2.23. The molecular formula is C11H21NO2. The Labute approximate surface area is 85.9 Å². The number of carbonyl (C=O) groups excluding carboxylic acids is 1. The molecular weight excluding hydrogens is 178 g/mol. The Kier molecular flexibility index (Phi) is 4.39. The van der Waals surface area contributed by atoms with E-state index in [-0.39, 0.29) is 12.3 Å². The summed E-state index contributed by atoms with van der Waals surface area (Å²) in [4.78, 5) is 11.3. The van der Waals surface area contributed by atoms with Crippen LogP contribution in [0.1, 0.15) is 46.0 Å². The highest BCUT2D eigenvalue weighted by Gasteiger charge is 2.19. The molecule has 1 aliphatic carbocycles. The molecule has 0 unspecified atom stereocenters. The maximum absolute atomic E-state index is 11.3. The second-order valence-corrected chi connectivity index (χ2v) is 4.58. The lowest BCUT2D eigenvalue weighted by molar-refractivity contribution is -0.123. The smallest absolute Gasteiger partial charge is 0.222 e. The van der Waals surface area contributed by atoms with Gasteiger partial charge in [-0.05, 0) is 38.5 Å². The van der Waals surface area contributed by atoms with Gasteiger partial charge >= 0.3 is 0 Å². The molecule has 0 aromatic carbocycles. The highest BCUT2D eigenvalue weighted by molar-refractivity contribution is 5.76. The van der Waals surface area contributed by atoms with Crippen molar-refractivity contribution in [1.29, 1.82) is 0 Å². The molecule has 82 valence electrons. The molecule has 1 aliphatic rings. The van der Waals surface area contributed by atoms with Crippen molar-refractivity contribution in [3.8, 4) is 0 Å². The fourth-order valence-electron chi connectivity index (χ4n) is 1.96. The Hall–Kier alpha value is -0.570. The molecule has 1 rings (SSSR count).